The minimum atomic E-state index is -0.329. The van der Waals surface area contributed by atoms with E-state index in [1.165, 1.54) is 4.90 Å². The minimum Gasteiger partial charge on any atom is -0.410 e. The van der Waals surface area contributed by atoms with Gasteiger partial charge in [-0.15, -0.1) is 0 Å². The molecule has 0 aliphatic carbocycles. The Kier molecular flexibility index (Phi) is 4.60. The maximum Gasteiger partial charge on any atom is 0.263 e. The molecule has 0 radical (unpaired) electrons. The van der Waals surface area contributed by atoms with Crippen LogP contribution < -0.4 is 5.32 Å². The van der Waals surface area contributed by atoms with Crippen LogP contribution in [0, 0.1) is 0 Å². The highest BCUT2D eigenvalue weighted by Gasteiger charge is 2.34. The maximum atomic E-state index is 12.5. The molecule has 1 aliphatic rings. The molecular weight excluding hydrogens is 354 g/mol. The van der Waals surface area contributed by atoms with E-state index in [0.29, 0.717) is 28.1 Å². The van der Waals surface area contributed by atoms with Crippen LogP contribution in [0.4, 0.5) is 5.69 Å². The van der Waals surface area contributed by atoms with E-state index in [-0.39, 0.29) is 18.5 Å². The number of para-hydroxylation sites is 1. The first-order valence-corrected chi connectivity index (χ1v) is 8.76. The van der Waals surface area contributed by atoms with Crippen molar-refractivity contribution in [2.24, 2.45) is 5.16 Å². The van der Waals surface area contributed by atoms with Gasteiger partial charge in [0.05, 0.1) is 17.8 Å². The van der Waals surface area contributed by atoms with Crippen molar-refractivity contribution in [3.63, 3.8) is 0 Å². The van der Waals surface area contributed by atoms with Gasteiger partial charge >= 0.3 is 0 Å². The summed E-state index contributed by atoms with van der Waals surface area (Å²) in [6.07, 6.45) is 0. The number of amides is 2. The molecule has 3 aromatic carbocycles. The molecule has 4 rings (SSSR count). The highest BCUT2D eigenvalue weighted by atomic mass is 16.4. The second kappa shape index (κ2) is 7.36. The average Bonchev–Trinajstić information content (AvgIpc) is 2.99. The average molecular weight is 371 g/mol. The molecule has 6 heteroatoms. The number of hydrogen-bond acceptors (Lipinski definition) is 5. The van der Waals surface area contributed by atoms with Crippen molar-refractivity contribution in [1.82, 2.24) is 4.90 Å². The van der Waals surface area contributed by atoms with Crippen molar-refractivity contribution in [3.05, 3.63) is 101 Å². The fourth-order valence-corrected chi connectivity index (χ4v) is 3.25. The Hall–Kier alpha value is -3.93. The summed E-state index contributed by atoms with van der Waals surface area (Å²) in [6, 6.07) is 23.3. The molecular formula is C22H17N3O3. The molecule has 2 amide bonds. The van der Waals surface area contributed by atoms with Crippen LogP contribution >= 0.6 is 0 Å². The van der Waals surface area contributed by atoms with Crippen molar-refractivity contribution in [3.8, 4) is 0 Å². The summed E-state index contributed by atoms with van der Waals surface area (Å²) in [5.74, 6) is -0.658. The van der Waals surface area contributed by atoms with E-state index in [4.69, 9.17) is 0 Å². The third-order valence-corrected chi connectivity index (χ3v) is 4.64. The quantitative estimate of drug-likeness (QED) is 0.311. The summed E-state index contributed by atoms with van der Waals surface area (Å²) >= 11 is 0. The van der Waals surface area contributed by atoms with Gasteiger partial charge in [0.15, 0.2) is 0 Å². The first-order chi connectivity index (χ1) is 13.7. The van der Waals surface area contributed by atoms with Gasteiger partial charge in [-0.05, 0) is 18.2 Å². The van der Waals surface area contributed by atoms with Crippen LogP contribution in [0.3, 0.4) is 0 Å². The molecule has 0 bridgehead atoms. The van der Waals surface area contributed by atoms with Crippen LogP contribution in [0.1, 0.15) is 31.8 Å². The second-order valence-corrected chi connectivity index (χ2v) is 6.28. The number of rotatable bonds is 5. The van der Waals surface area contributed by atoms with Gasteiger partial charge in [-0.25, -0.2) is 0 Å². The Labute approximate surface area is 161 Å². The number of imide groups is 1. The molecule has 3 aromatic rings. The van der Waals surface area contributed by atoms with Gasteiger partial charge in [0.25, 0.3) is 11.8 Å². The Morgan fingerprint density at radius 1 is 0.821 bits per heavy atom. The number of hydrogen-bond donors (Lipinski definition) is 2. The van der Waals surface area contributed by atoms with E-state index >= 15 is 0 Å². The van der Waals surface area contributed by atoms with Crippen LogP contribution in [-0.2, 0) is 0 Å². The lowest BCUT2D eigenvalue weighted by Gasteiger charge is -2.18. The molecule has 138 valence electrons. The SMILES string of the molecule is O=C1c2ccccc2C(=O)N1CNc1ccccc1/C(=N\O)c1ccccc1. The summed E-state index contributed by atoms with van der Waals surface area (Å²) in [4.78, 5) is 26.2. The maximum absolute atomic E-state index is 12.5. The van der Waals surface area contributed by atoms with E-state index in [1.807, 2.05) is 54.6 Å². The number of nitrogens with one attached hydrogen (secondary N) is 1. The van der Waals surface area contributed by atoms with Gasteiger partial charge < -0.3 is 10.5 Å². The largest absolute Gasteiger partial charge is 0.410 e. The fraction of sp³-hybridized carbons (Fsp3) is 0.0455. The molecule has 0 saturated carbocycles. The number of carbonyl (C=O) groups is 2. The van der Waals surface area contributed by atoms with Gasteiger partial charge in [0.1, 0.15) is 5.71 Å². The predicted molar refractivity (Wildman–Crippen MR) is 106 cm³/mol. The Bertz CT molecular complexity index is 1040. The van der Waals surface area contributed by atoms with Crippen LogP contribution in [0.25, 0.3) is 0 Å². The first-order valence-electron chi connectivity index (χ1n) is 8.76. The Balaban J connectivity index is 1.59. The summed E-state index contributed by atoms with van der Waals surface area (Å²) in [6.45, 7) is 0.0108. The smallest absolute Gasteiger partial charge is 0.263 e. The van der Waals surface area contributed by atoms with Crippen molar-refractivity contribution in [2.45, 2.75) is 0 Å². The molecule has 0 fully saturated rings. The normalized spacial score (nSPS) is 13.6. The number of anilines is 1. The van der Waals surface area contributed by atoms with Crippen molar-refractivity contribution >= 4 is 23.2 Å². The lowest BCUT2D eigenvalue weighted by atomic mass is 10.0. The zero-order chi connectivity index (χ0) is 19.5. The molecule has 0 unspecified atom stereocenters. The molecule has 0 atom stereocenters. The summed E-state index contributed by atoms with van der Waals surface area (Å²) < 4.78 is 0. The second-order valence-electron chi connectivity index (χ2n) is 6.28. The predicted octanol–water partition coefficient (Wildman–Crippen LogP) is 3.58. The Morgan fingerprint density at radius 3 is 2.04 bits per heavy atom. The highest BCUT2D eigenvalue weighted by molar-refractivity contribution is 6.21. The molecule has 2 N–H and O–H groups in total. The number of nitrogens with zero attached hydrogens (tertiary/aromatic N) is 2. The molecule has 0 saturated heterocycles. The molecule has 28 heavy (non-hydrogen) atoms. The number of oxime groups is 1. The lowest BCUT2D eigenvalue weighted by Crippen LogP contribution is -2.34. The first kappa shape index (κ1) is 17.5. The minimum absolute atomic E-state index is 0.0108. The van der Waals surface area contributed by atoms with Gasteiger partial charge in [0.2, 0.25) is 0 Å². The van der Waals surface area contributed by atoms with Crippen molar-refractivity contribution in [2.75, 3.05) is 12.0 Å². The van der Waals surface area contributed by atoms with Gasteiger partial charge in [-0.1, -0.05) is 65.8 Å². The van der Waals surface area contributed by atoms with Gasteiger partial charge in [0, 0.05) is 16.8 Å². The van der Waals surface area contributed by atoms with Crippen molar-refractivity contribution in [1.29, 1.82) is 0 Å². The van der Waals surface area contributed by atoms with E-state index in [0.717, 1.165) is 5.56 Å². The number of fused-ring (bicyclic) bond motifs is 1. The van der Waals surface area contributed by atoms with E-state index in [2.05, 4.69) is 10.5 Å². The van der Waals surface area contributed by atoms with Crippen molar-refractivity contribution < 1.29 is 14.8 Å². The zero-order valence-corrected chi connectivity index (χ0v) is 14.9. The Morgan fingerprint density at radius 2 is 1.39 bits per heavy atom. The molecule has 0 aromatic heterocycles. The number of carbonyl (C=O) groups excluding carboxylic acids is 2. The molecule has 1 aliphatic heterocycles. The topological polar surface area (TPSA) is 82.0 Å². The third kappa shape index (κ3) is 3.01. The van der Waals surface area contributed by atoms with E-state index < -0.39 is 0 Å². The van der Waals surface area contributed by atoms with Crippen LogP contribution in [0.2, 0.25) is 0 Å². The van der Waals surface area contributed by atoms with Crippen LogP contribution in [0.15, 0.2) is 84.0 Å². The van der Waals surface area contributed by atoms with E-state index in [9.17, 15) is 14.8 Å². The lowest BCUT2D eigenvalue weighted by molar-refractivity contribution is 0.0666. The van der Waals surface area contributed by atoms with E-state index in [1.54, 1.807) is 24.3 Å². The molecule has 0 spiro atoms. The van der Waals surface area contributed by atoms with Crippen LogP contribution in [0.5, 0.6) is 0 Å². The van der Waals surface area contributed by atoms with Gasteiger partial charge in [-0.3, -0.25) is 14.5 Å². The summed E-state index contributed by atoms with van der Waals surface area (Å²) in [7, 11) is 0. The fourth-order valence-electron chi connectivity index (χ4n) is 3.25. The molecule has 1 heterocycles. The molecule has 6 nitrogen and oxygen atoms in total. The highest BCUT2D eigenvalue weighted by Crippen LogP contribution is 2.24. The summed E-state index contributed by atoms with van der Waals surface area (Å²) in [5, 5.41) is 16.2. The summed E-state index contributed by atoms with van der Waals surface area (Å²) in [5.41, 5.74) is 3.27. The zero-order valence-electron chi connectivity index (χ0n) is 14.9. The standard InChI is InChI=1S/C22H17N3O3/c26-21-16-10-4-5-11-17(16)22(27)25(21)14-23-19-13-7-6-12-18(19)20(24-28)15-8-2-1-3-9-15/h1-13,23,28H,14H2/b24-20-. The monoisotopic (exact) mass is 371 g/mol. The van der Waals surface area contributed by atoms with Gasteiger partial charge in [-0.2, -0.15) is 0 Å². The third-order valence-electron chi connectivity index (χ3n) is 4.64. The number of benzene rings is 3. The van der Waals surface area contributed by atoms with Crippen LogP contribution in [-0.4, -0.2) is 34.3 Å².